The summed E-state index contributed by atoms with van der Waals surface area (Å²) in [6.07, 6.45) is 0. The molecule has 0 amide bonds. The van der Waals surface area contributed by atoms with Crippen molar-refractivity contribution in [2.45, 2.75) is 35.5 Å². The van der Waals surface area contributed by atoms with Crippen LogP contribution in [0.5, 0.6) is 0 Å². The van der Waals surface area contributed by atoms with Gasteiger partial charge >= 0.3 is 0 Å². The minimum Gasteiger partial charge on any atom is -0.280 e. The van der Waals surface area contributed by atoms with Gasteiger partial charge in [-0.25, -0.2) is 8.78 Å². The molecule has 0 saturated carbocycles. The van der Waals surface area contributed by atoms with Crippen molar-refractivity contribution < 1.29 is 8.78 Å². The van der Waals surface area contributed by atoms with Crippen LogP contribution in [0.25, 0.3) is 11.4 Å². The highest BCUT2D eigenvalue weighted by Crippen LogP contribution is 2.51. The Balaban J connectivity index is 1.49. The molecule has 0 aliphatic carbocycles. The Bertz CT molecular complexity index is 1280. The fourth-order valence-corrected chi connectivity index (χ4v) is 6.56. The molecule has 5 rings (SSSR count). The van der Waals surface area contributed by atoms with E-state index in [1.54, 1.807) is 20.9 Å². The van der Waals surface area contributed by atoms with Gasteiger partial charge in [0, 0.05) is 23.9 Å². The number of aryl methyl sites for hydroxylation is 1. The summed E-state index contributed by atoms with van der Waals surface area (Å²) in [6.45, 7) is 3.86. The molecule has 0 N–H and O–H groups in total. The zero-order valence-electron chi connectivity index (χ0n) is 20.4. The first-order valence-electron chi connectivity index (χ1n) is 12.0. The van der Waals surface area contributed by atoms with Gasteiger partial charge < -0.3 is 0 Å². The first-order valence-corrected chi connectivity index (χ1v) is 13.2. The van der Waals surface area contributed by atoms with Gasteiger partial charge in [0.1, 0.15) is 11.5 Å². The van der Waals surface area contributed by atoms with E-state index in [1.807, 2.05) is 42.5 Å². The highest BCUT2D eigenvalue weighted by atomic mass is 127. The summed E-state index contributed by atoms with van der Waals surface area (Å²) >= 11 is 2.43. The molecule has 0 bridgehead atoms. The van der Waals surface area contributed by atoms with Gasteiger partial charge in [0.2, 0.25) is 5.82 Å². The molecule has 186 valence electrons. The van der Waals surface area contributed by atoms with Crippen molar-refractivity contribution in [3.8, 4) is 11.4 Å². The highest BCUT2D eigenvalue weighted by molar-refractivity contribution is 14.1. The van der Waals surface area contributed by atoms with Crippen LogP contribution < -0.4 is 0 Å². The van der Waals surface area contributed by atoms with Crippen molar-refractivity contribution in [3.63, 3.8) is 0 Å². The number of hydrogen-bond acceptors (Lipinski definition) is 4. The Morgan fingerprint density at radius 2 is 1.56 bits per heavy atom. The van der Waals surface area contributed by atoms with Gasteiger partial charge in [-0.15, -0.1) is 10.2 Å². The number of hydrogen-bond donors (Lipinski definition) is 0. The van der Waals surface area contributed by atoms with Crippen LogP contribution in [-0.2, 0) is 7.05 Å². The number of alkyl halides is 2. The lowest BCUT2D eigenvalue weighted by Gasteiger charge is -2.54. The van der Waals surface area contributed by atoms with Crippen LogP contribution >= 0.6 is 22.6 Å². The first-order chi connectivity index (χ1) is 17.2. The third-order valence-corrected chi connectivity index (χ3v) is 8.51. The predicted molar refractivity (Wildman–Crippen MR) is 145 cm³/mol. The zero-order chi connectivity index (χ0) is 25.4. The summed E-state index contributed by atoms with van der Waals surface area (Å²) in [6, 6.07) is 25.5. The lowest BCUT2D eigenvalue weighted by Crippen LogP contribution is -2.58. The Hall–Kier alpha value is -2.72. The third kappa shape index (κ3) is 4.93. The minimum atomic E-state index is -1.56. The molecule has 8 heteroatoms. The molecule has 2 heterocycles. The van der Waals surface area contributed by atoms with Gasteiger partial charge in [-0.3, -0.25) is 4.90 Å². The predicted octanol–water partition coefficient (Wildman–Crippen LogP) is 6.33. The molecule has 36 heavy (non-hydrogen) atoms. The number of aromatic nitrogens is 4. The van der Waals surface area contributed by atoms with Crippen molar-refractivity contribution in [3.05, 3.63) is 101 Å². The number of rotatable bonds is 7. The molecule has 0 radical (unpaired) electrons. The first kappa shape index (κ1) is 25.0. The lowest BCUT2D eigenvalue weighted by molar-refractivity contribution is -0.00201. The molecular formula is C28H28F2IN5. The van der Waals surface area contributed by atoms with Gasteiger partial charge in [0.05, 0.1) is 17.1 Å². The van der Waals surface area contributed by atoms with Gasteiger partial charge in [-0.05, 0) is 54.0 Å². The maximum Gasteiger partial charge on any atom is 0.205 e. The summed E-state index contributed by atoms with van der Waals surface area (Å²) in [4.78, 5) is 3.73. The van der Waals surface area contributed by atoms with Crippen molar-refractivity contribution in [2.75, 3.05) is 6.54 Å². The zero-order valence-corrected chi connectivity index (χ0v) is 22.5. The smallest absolute Gasteiger partial charge is 0.205 e. The number of benzene rings is 3. The monoisotopic (exact) mass is 599 g/mol. The number of likely N-dealkylation sites (tertiary alicyclic amines) is 1. The van der Waals surface area contributed by atoms with Crippen LogP contribution in [0.2, 0.25) is 0 Å². The minimum absolute atomic E-state index is 0.00927. The van der Waals surface area contributed by atoms with E-state index in [9.17, 15) is 4.39 Å². The highest BCUT2D eigenvalue weighted by Gasteiger charge is 2.50. The maximum absolute atomic E-state index is 15.8. The average Bonchev–Trinajstić information content (AvgIpc) is 3.29. The normalized spacial score (nSPS) is 19.3. The van der Waals surface area contributed by atoms with Crippen LogP contribution in [0.3, 0.4) is 0 Å². The fraction of sp³-hybridized carbons (Fsp3) is 0.321. The van der Waals surface area contributed by atoms with E-state index in [1.165, 1.54) is 28.1 Å². The third-order valence-electron chi connectivity index (χ3n) is 6.87. The SMILES string of the molecule is Cn1nnc(-c2cc(F)cc(C(C3CN(C(c4ccccc4)c4ccccc4)C3I)C(C)(C)F)c2)n1. The van der Waals surface area contributed by atoms with E-state index in [0.29, 0.717) is 23.5 Å². The molecule has 1 saturated heterocycles. The van der Waals surface area contributed by atoms with E-state index in [4.69, 9.17) is 0 Å². The summed E-state index contributed by atoms with van der Waals surface area (Å²) in [5.41, 5.74) is 1.95. The fourth-order valence-electron chi connectivity index (χ4n) is 5.37. The standard InChI is InChI=1S/C28H28F2IN5/c1-28(2,30)24(20-14-21(16-22(29)15-20)27-32-34-35(3)33-27)23-17-36(26(23)31)25(18-10-6-4-7-11-18)19-12-8-5-9-13-19/h4-16,23-26H,17H2,1-3H3. The number of tetrazole rings is 1. The topological polar surface area (TPSA) is 46.8 Å². The second-order valence-corrected chi connectivity index (χ2v) is 11.2. The summed E-state index contributed by atoms with van der Waals surface area (Å²) in [7, 11) is 1.66. The maximum atomic E-state index is 15.8. The summed E-state index contributed by atoms with van der Waals surface area (Å²) < 4.78 is 30.7. The Morgan fingerprint density at radius 3 is 2.06 bits per heavy atom. The summed E-state index contributed by atoms with van der Waals surface area (Å²) in [5, 5.41) is 12.1. The largest absolute Gasteiger partial charge is 0.280 e. The lowest BCUT2D eigenvalue weighted by atomic mass is 9.72. The molecule has 1 aromatic heterocycles. The Kier molecular flexibility index (Phi) is 6.91. The molecule has 1 aliphatic rings. The molecule has 3 unspecified atom stereocenters. The second-order valence-electron chi connectivity index (χ2n) is 9.88. The molecule has 1 aliphatic heterocycles. The van der Waals surface area contributed by atoms with E-state index in [0.717, 1.165) is 0 Å². The van der Waals surface area contributed by atoms with Gasteiger partial charge in [0.15, 0.2) is 0 Å². The van der Waals surface area contributed by atoms with Crippen molar-refractivity contribution in [1.82, 2.24) is 25.1 Å². The summed E-state index contributed by atoms with van der Waals surface area (Å²) in [5.74, 6) is -0.626. The molecule has 5 nitrogen and oxygen atoms in total. The van der Waals surface area contributed by atoms with Crippen molar-refractivity contribution >= 4 is 22.6 Å². The molecule has 0 spiro atoms. The Morgan fingerprint density at radius 1 is 0.944 bits per heavy atom. The molecular weight excluding hydrogens is 571 g/mol. The number of halogens is 3. The second kappa shape index (κ2) is 9.97. The molecule has 4 aromatic rings. The van der Waals surface area contributed by atoms with Crippen LogP contribution in [0, 0.1) is 11.7 Å². The van der Waals surface area contributed by atoms with E-state index >= 15 is 4.39 Å². The number of nitrogens with zero attached hydrogens (tertiary/aromatic N) is 5. The molecule has 1 fully saturated rings. The van der Waals surface area contributed by atoms with Crippen molar-refractivity contribution in [1.29, 1.82) is 0 Å². The van der Waals surface area contributed by atoms with Crippen molar-refractivity contribution in [2.24, 2.45) is 13.0 Å². The Labute approximate surface area is 223 Å². The van der Waals surface area contributed by atoms with Gasteiger partial charge in [-0.2, -0.15) is 4.80 Å². The van der Waals surface area contributed by atoms with Crippen LogP contribution in [0.1, 0.15) is 42.5 Å². The van der Waals surface area contributed by atoms with Crippen LogP contribution in [-0.4, -0.2) is 41.4 Å². The van der Waals surface area contributed by atoms with E-state index < -0.39 is 17.4 Å². The van der Waals surface area contributed by atoms with Crippen LogP contribution in [0.4, 0.5) is 8.78 Å². The average molecular weight is 599 g/mol. The van der Waals surface area contributed by atoms with E-state index in [2.05, 4.69) is 67.2 Å². The van der Waals surface area contributed by atoms with Gasteiger partial charge in [0.25, 0.3) is 0 Å². The molecule has 3 atom stereocenters. The molecule has 3 aromatic carbocycles. The van der Waals surface area contributed by atoms with E-state index in [-0.39, 0.29) is 16.0 Å². The quantitative estimate of drug-likeness (QED) is 0.142. The van der Waals surface area contributed by atoms with Gasteiger partial charge in [-0.1, -0.05) is 83.3 Å². The van der Waals surface area contributed by atoms with Crippen LogP contribution in [0.15, 0.2) is 78.9 Å².